The molecule has 7 nitrogen and oxygen atoms in total. The van der Waals surface area contributed by atoms with Gasteiger partial charge in [-0.25, -0.2) is 0 Å². The van der Waals surface area contributed by atoms with Gasteiger partial charge in [-0.05, 0) is 18.6 Å². The lowest BCUT2D eigenvalue weighted by Crippen LogP contribution is -2.45. The van der Waals surface area contributed by atoms with Crippen LogP contribution in [-0.4, -0.2) is 40.1 Å². The summed E-state index contributed by atoms with van der Waals surface area (Å²) in [6.07, 6.45) is 0.911. The molecule has 2 amide bonds. The fraction of sp³-hybridized carbons (Fsp3) is 0.357. The largest absolute Gasteiger partial charge is 0.486 e. The number of nitrogens with zero attached hydrogens (tertiary/aromatic N) is 1. The average Bonchev–Trinajstić information content (AvgIpc) is 2.83. The number of hydrogen-bond acceptors (Lipinski definition) is 5. The van der Waals surface area contributed by atoms with Crippen LogP contribution in [0.1, 0.15) is 22.3 Å². The maximum atomic E-state index is 12.5. The van der Waals surface area contributed by atoms with E-state index in [2.05, 4.69) is 0 Å². The maximum absolute atomic E-state index is 12.5. The third kappa shape index (κ3) is 3.32. The van der Waals surface area contributed by atoms with Crippen molar-refractivity contribution in [3.63, 3.8) is 0 Å². The van der Waals surface area contributed by atoms with Crippen LogP contribution in [0.3, 0.4) is 0 Å². The van der Waals surface area contributed by atoms with Gasteiger partial charge in [0.15, 0.2) is 6.29 Å². The van der Waals surface area contributed by atoms with Crippen molar-refractivity contribution < 1.29 is 22.2 Å². The van der Waals surface area contributed by atoms with Crippen molar-refractivity contribution in [2.45, 2.75) is 19.0 Å². The van der Waals surface area contributed by atoms with E-state index in [1.165, 1.54) is 4.90 Å². The lowest BCUT2D eigenvalue weighted by Gasteiger charge is -2.24. The van der Waals surface area contributed by atoms with Crippen molar-refractivity contribution in [2.75, 3.05) is 11.0 Å². The molecular formula is C14H15IN2O5. The van der Waals surface area contributed by atoms with Crippen LogP contribution in [0.4, 0.5) is 0 Å². The summed E-state index contributed by atoms with van der Waals surface area (Å²) >= 11 is -1.22. The van der Waals surface area contributed by atoms with Gasteiger partial charge in [-0.15, -0.1) is 0 Å². The van der Waals surface area contributed by atoms with Crippen LogP contribution in [0.25, 0.3) is 0 Å². The fourth-order valence-electron chi connectivity index (χ4n) is 2.44. The van der Waals surface area contributed by atoms with Crippen LogP contribution < -0.4 is 10.5 Å². The van der Waals surface area contributed by atoms with Crippen LogP contribution in [0.5, 0.6) is 5.75 Å². The molecule has 0 aromatic heterocycles. The molecule has 1 aliphatic heterocycles. The van der Waals surface area contributed by atoms with E-state index in [1.807, 2.05) is 0 Å². The highest BCUT2D eigenvalue weighted by Gasteiger charge is 2.36. The summed E-state index contributed by atoms with van der Waals surface area (Å²) in [5.74, 6) is -0.478. The van der Waals surface area contributed by atoms with E-state index in [9.17, 15) is 17.5 Å². The topological polar surface area (TPSA) is 107 Å². The third-order valence-corrected chi connectivity index (χ3v) is 4.49. The van der Waals surface area contributed by atoms with E-state index >= 15 is 0 Å². The Morgan fingerprint density at radius 3 is 2.91 bits per heavy atom. The molecule has 22 heavy (non-hydrogen) atoms. The number of ether oxygens (including phenoxy) is 1. The van der Waals surface area contributed by atoms with Crippen molar-refractivity contribution in [3.8, 4) is 5.75 Å². The predicted molar refractivity (Wildman–Crippen MR) is 85.0 cm³/mol. The zero-order chi connectivity index (χ0) is 16.1. The molecule has 2 rings (SSSR count). The van der Waals surface area contributed by atoms with Crippen molar-refractivity contribution in [1.29, 1.82) is 0 Å². The number of fused-ring (bicyclic) bond motifs is 1. The fourth-order valence-corrected chi connectivity index (χ4v) is 3.28. The first-order valence-corrected chi connectivity index (χ1v) is 9.00. The van der Waals surface area contributed by atoms with Crippen LogP contribution in [0, 0.1) is 0 Å². The van der Waals surface area contributed by atoms with E-state index in [0.717, 1.165) is 0 Å². The quantitative estimate of drug-likeness (QED) is 0.382. The van der Waals surface area contributed by atoms with Gasteiger partial charge in [0.25, 0.3) is 5.91 Å². The summed E-state index contributed by atoms with van der Waals surface area (Å²) in [7, 11) is 0. The number of halogens is 1. The molecule has 1 aromatic carbocycles. The van der Waals surface area contributed by atoms with Crippen molar-refractivity contribution in [2.24, 2.45) is 5.73 Å². The van der Waals surface area contributed by atoms with E-state index in [0.29, 0.717) is 27.6 Å². The van der Waals surface area contributed by atoms with E-state index < -0.39 is 33.1 Å². The first-order valence-electron chi connectivity index (χ1n) is 6.60. The highest BCUT2D eigenvalue weighted by Crippen LogP contribution is 2.32. The monoisotopic (exact) mass is 418 g/mol. The second-order valence-electron chi connectivity index (χ2n) is 4.70. The van der Waals surface area contributed by atoms with Crippen molar-refractivity contribution in [3.05, 3.63) is 29.3 Å². The Morgan fingerprint density at radius 1 is 1.50 bits per heavy atom. The van der Waals surface area contributed by atoms with Crippen LogP contribution in [0.2, 0.25) is 0 Å². The molecule has 1 unspecified atom stereocenters. The lowest BCUT2D eigenvalue weighted by atomic mass is 10.1. The Morgan fingerprint density at radius 2 is 2.27 bits per heavy atom. The summed E-state index contributed by atoms with van der Waals surface area (Å²) < 4.78 is 16.4. The van der Waals surface area contributed by atoms with Gasteiger partial charge in [0.05, 0.1) is 6.54 Å². The molecule has 118 valence electrons. The van der Waals surface area contributed by atoms with Crippen LogP contribution in [-0.2, 0) is 19.2 Å². The Hall–Kier alpha value is -1.84. The second kappa shape index (κ2) is 7.43. The molecule has 1 atom stereocenters. The van der Waals surface area contributed by atoms with Crippen LogP contribution >= 0.6 is 21.2 Å². The minimum atomic E-state index is -1.22. The summed E-state index contributed by atoms with van der Waals surface area (Å²) in [6.45, 7) is 0.0818. The molecule has 0 fully saturated rings. The third-order valence-electron chi connectivity index (χ3n) is 3.42. The summed E-state index contributed by atoms with van der Waals surface area (Å²) in [6, 6.07) is 4.18. The van der Waals surface area contributed by atoms with Crippen molar-refractivity contribution in [1.82, 2.24) is 4.90 Å². The van der Waals surface area contributed by atoms with Crippen LogP contribution in [0.15, 0.2) is 18.2 Å². The number of primary amides is 1. The van der Waals surface area contributed by atoms with Crippen molar-refractivity contribution >= 4 is 39.3 Å². The van der Waals surface area contributed by atoms with Gasteiger partial charge in [0.1, 0.15) is 39.6 Å². The maximum Gasteiger partial charge on any atom is 0.255 e. The van der Waals surface area contributed by atoms with Gasteiger partial charge in [-0.1, -0.05) is 6.07 Å². The molecule has 8 heteroatoms. The zero-order valence-electron chi connectivity index (χ0n) is 11.7. The molecule has 1 aromatic rings. The summed E-state index contributed by atoms with van der Waals surface area (Å²) in [5.41, 5.74) is 6.45. The van der Waals surface area contributed by atoms with Gasteiger partial charge < -0.3 is 15.4 Å². The SMILES string of the molecule is NC(=O)C(CCI=O)N1Cc2c(OCC=O)cccc2C1=O. The molecule has 0 bridgehead atoms. The molecule has 0 radical (unpaired) electrons. The van der Waals surface area contributed by atoms with Gasteiger partial charge in [0.2, 0.25) is 5.91 Å². The highest BCUT2D eigenvalue weighted by atomic mass is 127. The summed E-state index contributed by atoms with van der Waals surface area (Å²) in [5, 5.41) is 0. The molecule has 2 N–H and O–H groups in total. The summed E-state index contributed by atoms with van der Waals surface area (Å²) in [4.78, 5) is 35.9. The number of hydrogen-bond donors (Lipinski definition) is 1. The Kier molecular flexibility index (Phi) is 5.58. The normalized spacial score (nSPS) is 14.5. The zero-order valence-corrected chi connectivity index (χ0v) is 13.8. The lowest BCUT2D eigenvalue weighted by molar-refractivity contribution is -0.122. The van der Waals surface area contributed by atoms with E-state index in [1.54, 1.807) is 18.2 Å². The minimum Gasteiger partial charge on any atom is -0.486 e. The standard InChI is InChI=1S/C14H15IN2O5/c16-13(19)11(4-5-15-21)17-8-10-9(14(17)20)2-1-3-12(10)22-7-6-18/h1-3,6,11H,4-5,7-8H2,(H2,16,19). The molecule has 0 saturated carbocycles. The highest BCUT2D eigenvalue weighted by molar-refractivity contribution is 14.1. The molecular weight excluding hydrogens is 403 g/mol. The smallest absolute Gasteiger partial charge is 0.255 e. The van der Waals surface area contributed by atoms with Gasteiger partial charge >= 0.3 is 0 Å². The Labute approximate surface area is 137 Å². The molecule has 1 aliphatic rings. The number of alkyl halides is 1. The number of rotatable bonds is 8. The van der Waals surface area contributed by atoms with Gasteiger partial charge in [-0.3, -0.25) is 17.5 Å². The number of carbonyl (C=O) groups excluding carboxylic acids is 3. The number of nitrogens with two attached hydrogens (primary N) is 1. The number of carbonyl (C=O) groups is 3. The molecule has 0 aliphatic carbocycles. The number of aldehydes is 1. The second-order valence-corrected chi connectivity index (χ2v) is 6.40. The van der Waals surface area contributed by atoms with Gasteiger partial charge in [0, 0.05) is 15.6 Å². The van der Waals surface area contributed by atoms with Gasteiger partial charge in [-0.2, -0.15) is 0 Å². The Bertz CT molecular complexity index is 619. The van der Waals surface area contributed by atoms with E-state index in [4.69, 9.17) is 10.5 Å². The molecule has 0 spiro atoms. The average molecular weight is 418 g/mol. The minimum absolute atomic E-state index is 0.107. The molecule has 1 heterocycles. The predicted octanol–water partition coefficient (Wildman–Crippen LogP) is 0.780. The van der Waals surface area contributed by atoms with E-state index in [-0.39, 0.29) is 25.5 Å². The first kappa shape index (κ1) is 16.5. The number of benzene rings is 1. The first-order chi connectivity index (χ1) is 10.6. The Balaban J connectivity index is 2.28. The molecule has 0 saturated heterocycles. The number of amides is 2.